The Morgan fingerprint density at radius 2 is 2.10 bits per heavy atom. The summed E-state index contributed by atoms with van der Waals surface area (Å²) >= 11 is 11.8. The Morgan fingerprint density at radius 1 is 1.50 bits per heavy atom. The lowest BCUT2D eigenvalue weighted by Crippen LogP contribution is -2.03. The van der Waals surface area contributed by atoms with Crippen LogP contribution in [0.25, 0.3) is 0 Å². The summed E-state index contributed by atoms with van der Waals surface area (Å²) in [6.45, 7) is 4.01. The Balaban J connectivity index is 2.90. The van der Waals surface area contributed by atoms with Gasteiger partial charge < -0.3 is 0 Å². The molecule has 0 aromatic carbocycles. The normalized spacial score (nSPS) is 26.8. The first-order valence-electron chi connectivity index (χ1n) is 3.29. The number of alkyl halides is 1. The molecule has 1 rings (SSSR count). The van der Waals surface area contributed by atoms with E-state index in [4.69, 9.17) is 23.2 Å². The molecule has 1 aliphatic rings. The van der Waals surface area contributed by atoms with Gasteiger partial charge in [0.2, 0.25) is 0 Å². The van der Waals surface area contributed by atoms with Crippen LogP contribution in [0.1, 0.15) is 20.3 Å². The summed E-state index contributed by atoms with van der Waals surface area (Å²) in [6.07, 6.45) is 2.88. The van der Waals surface area contributed by atoms with Crippen LogP contribution in [0.3, 0.4) is 0 Å². The Labute approximate surface area is 71.5 Å². The maximum absolute atomic E-state index is 5.94. The quantitative estimate of drug-likeness (QED) is 0.497. The zero-order valence-corrected chi connectivity index (χ0v) is 7.63. The molecule has 0 heterocycles. The predicted octanol–water partition coefficient (Wildman–Crippen LogP) is 3.46. The third-order valence-electron chi connectivity index (χ3n) is 1.65. The van der Waals surface area contributed by atoms with Crippen molar-refractivity contribution < 1.29 is 0 Å². The van der Waals surface area contributed by atoms with Crippen molar-refractivity contribution in [3.05, 3.63) is 22.3 Å². The lowest BCUT2D eigenvalue weighted by Gasteiger charge is -2.15. The molecule has 0 spiro atoms. The van der Waals surface area contributed by atoms with Gasteiger partial charge in [0.1, 0.15) is 0 Å². The van der Waals surface area contributed by atoms with E-state index in [9.17, 15) is 0 Å². The van der Waals surface area contributed by atoms with E-state index >= 15 is 0 Å². The predicted molar refractivity (Wildman–Crippen MR) is 46.6 cm³/mol. The minimum absolute atomic E-state index is 0.141. The van der Waals surface area contributed by atoms with E-state index < -0.39 is 0 Å². The molecule has 0 saturated carbocycles. The van der Waals surface area contributed by atoms with Crippen LogP contribution >= 0.6 is 23.2 Å². The molecule has 0 aromatic heterocycles. The molecule has 56 valence electrons. The first kappa shape index (κ1) is 8.16. The lowest BCUT2D eigenvalue weighted by molar-refractivity contribution is 0.946. The lowest BCUT2D eigenvalue weighted by atomic mass is 10.0. The highest BCUT2D eigenvalue weighted by Crippen LogP contribution is 2.29. The molecule has 0 amide bonds. The molecule has 1 aliphatic carbocycles. The molecule has 0 N–H and O–H groups in total. The number of halogens is 2. The second-order valence-electron chi connectivity index (χ2n) is 2.66. The van der Waals surface area contributed by atoms with Gasteiger partial charge in [-0.15, -0.1) is 11.6 Å². The topological polar surface area (TPSA) is 0 Å². The highest BCUT2D eigenvalue weighted by atomic mass is 35.5. The third kappa shape index (κ3) is 1.56. The van der Waals surface area contributed by atoms with Crippen LogP contribution in [0.15, 0.2) is 22.3 Å². The molecular weight excluding hydrogens is 167 g/mol. The van der Waals surface area contributed by atoms with Crippen molar-refractivity contribution in [2.45, 2.75) is 25.6 Å². The van der Waals surface area contributed by atoms with Gasteiger partial charge in [0.15, 0.2) is 0 Å². The maximum atomic E-state index is 5.94. The average molecular weight is 177 g/mol. The second kappa shape index (κ2) is 2.98. The number of allylic oxidation sites excluding steroid dienone is 4. The van der Waals surface area contributed by atoms with Gasteiger partial charge >= 0.3 is 0 Å². The van der Waals surface area contributed by atoms with E-state index in [-0.39, 0.29) is 5.38 Å². The first-order valence-corrected chi connectivity index (χ1v) is 4.11. The minimum Gasteiger partial charge on any atom is -0.118 e. The van der Waals surface area contributed by atoms with Crippen LogP contribution in [0.2, 0.25) is 0 Å². The fourth-order valence-corrected chi connectivity index (χ4v) is 1.68. The molecule has 2 heteroatoms. The van der Waals surface area contributed by atoms with E-state index in [0.29, 0.717) is 0 Å². The average Bonchev–Trinajstić information content (AvgIpc) is 1.82. The van der Waals surface area contributed by atoms with Crippen LogP contribution in [-0.4, -0.2) is 5.38 Å². The zero-order chi connectivity index (χ0) is 7.72. The Morgan fingerprint density at radius 3 is 2.60 bits per heavy atom. The van der Waals surface area contributed by atoms with Crippen molar-refractivity contribution in [1.29, 1.82) is 0 Å². The number of hydrogen-bond donors (Lipinski definition) is 0. The van der Waals surface area contributed by atoms with Crippen LogP contribution in [0.5, 0.6) is 0 Å². The van der Waals surface area contributed by atoms with Crippen molar-refractivity contribution >= 4 is 23.2 Å². The van der Waals surface area contributed by atoms with E-state index in [1.54, 1.807) is 0 Å². The molecule has 0 nitrogen and oxygen atoms in total. The molecule has 0 saturated heterocycles. The molecule has 10 heavy (non-hydrogen) atoms. The fourth-order valence-electron chi connectivity index (χ4n) is 1.12. The summed E-state index contributed by atoms with van der Waals surface area (Å²) in [4.78, 5) is 0. The van der Waals surface area contributed by atoms with Crippen molar-refractivity contribution in [2.75, 3.05) is 0 Å². The second-order valence-corrected chi connectivity index (χ2v) is 3.60. The van der Waals surface area contributed by atoms with Gasteiger partial charge in [-0.05, 0) is 25.8 Å². The van der Waals surface area contributed by atoms with Gasteiger partial charge in [-0.1, -0.05) is 23.3 Å². The van der Waals surface area contributed by atoms with Gasteiger partial charge in [0.05, 0.1) is 5.38 Å². The molecule has 1 unspecified atom stereocenters. The van der Waals surface area contributed by atoms with Crippen LogP contribution in [-0.2, 0) is 0 Å². The molecule has 0 aliphatic heterocycles. The SMILES string of the molecule is CC1=CC(Cl)CC(C)=C1Cl. The van der Waals surface area contributed by atoms with Gasteiger partial charge in [-0.25, -0.2) is 0 Å². The molecule has 0 fully saturated rings. The van der Waals surface area contributed by atoms with E-state index in [1.165, 1.54) is 5.57 Å². The van der Waals surface area contributed by atoms with Crippen molar-refractivity contribution in [2.24, 2.45) is 0 Å². The maximum Gasteiger partial charge on any atom is 0.0559 e. The monoisotopic (exact) mass is 176 g/mol. The minimum atomic E-state index is 0.141. The number of rotatable bonds is 0. The Hall–Kier alpha value is 0.0600. The summed E-state index contributed by atoms with van der Waals surface area (Å²) in [6, 6.07) is 0. The largest absolute Gasteiger partial charge is 0.118 e. The summed E-state index contributed by atoms with van der Waals surface area (Å²) in [5.74, 6) is 0. The van der Waals surface area contributed by atoms with Crippen LogP contribution < -0.4 is 0 Å². The summed E-state index contributed by atoms with van der Waals surface area (Å²) in [5, 5.41) is 1.03. The highest BCUT2D eigenvalue weighted by molar-refractivity contribution is 6.33. The molecule has 0 bridgehead atoms. The first-order chi connectivity index (χ1) is 4.61. The van der Waals surface area contributed by atoms with Gasteiger partial charge in [0.25, 0.3) is 0 Å². The van der Waals surface area contributed by atoms with Crippen molar-refractivity contribution in [1.82, 2.24) is 0 Å². The van der Waals surface area contributed by atoms with E-state index in [1.807, 2.05) is 19.9 Å². The van der Waals surface area contributed by atoms with Gasteiger partial charge in [-0.2, -0.15) is 0 Å². The molecule has 1 atom stereocenters. The molecule has 0 aromatic rings. The third-order valence-corrected chi connectivity index (χ3v) is 2.55. The smallest absolute Gasteiger partial charge is 0.0559 e. The van der Waals surface area contributed by atoms with Crippen LogP contribution in [0, 0.1) is 0 Å². The molecule has 0 radical (unpaired) electrons. The highest BCUT2D eigenvalue weighted by Gasteiger charge is 2.13. The summed E-state index contributed by atoms with van der Waals surface area (Å²) < 4.78 is 0. The fraction of sp³-hybridized carbons (Fsp3) is 0.500. The standard InChI is InChI=1S/C8H10Cl2/c1-5-3-7(9)4-6(2)8(5)10/h3,7H,4H2,1-2H3. The molecular formula is C8H10Cl2. The van der Waals surface area contributed by atoms with Crippen molar-refractivity contribution in [3.63, 3.8) is 0 Å². The van der Waals surface area contributed by atoms with Crippen molar-refractivity contribution in [3.8, 4) is 0 Å². The Kier molecular flexibility index (Phi) is 2.43. The zero-order valence-electron chi connectivity index (χ0n) is 6.12. The van der Waals surface area contributed by atoms with Gasteiger partial charge in [0, 0.05) is 5.03 Å². The summed E-state index contributed by atoms with van der Waals surface area (Å²) in [7, 11) is 0. The summed E-state index contributed by atoms with van der Waals surface area (Å²) in [5.41, 5.74) is 2.30. The van der Waals surface area contributed by atoms with Crippen LogP contribution in [0.4, 0.5) is 0 Å². The van der Waals surface area contributed by atoms with E-state index in [0.717, 1.165) is 17.0 Å². The van der Waals surface area contributed by atoms with Gasteiger partial charge in [-0.3, -0.25) is 0 Å². The number of hydrogen-bond acceptors (Lipinski definition) is 0. The van der Waals surface area contributed by atoms with E-state index in [2.05, 4.69) is 0 Å². The Bertz CT molecular complexity index is 201.